The molecule has 0 radical (unpaired) electrons. The standard InChI is InChI=1S/C11H21NO3/c1-3-9(5-6-11(14)15)7-8-12-10(13)4-2/h9H,3-8H2,1-2H3,(H,12,13)(H,14,15). The second kappa shape index (κ2) is 8.26. The van der Waals surface area contributed by atoms with Gasteiger partial charge in [0.1, 0.15) is 0 Å². The van der Waals surface area contributed by atoms with E-state index in [4.69, 9.17) is 5.11 Å². The van der Waals surface area contributed by atoms with Gasteiger partial charge in [0.25, 0.3) is 0 Å². The van der Waals surface area contributed by atoms with Crippen LogP contribution >= 0.6 is 0 Å². The number of carbonyl (C=O) groups is 2. The lowest BCUT2D eigenvalue weighted by molar-refractivity contribution is -0.137. The molecule has 0 heterocycles. The normalized spacial score (nSPS) is 12.1. The van der Waals surface area contributed by atoms with Crippen molar-refractivity contribution in [2.45, 2.75) is 46.0 Å². The molecule has 0 rings (SSSR count). The van der Waals surface area contributed by atoms with Gasteiger partial charge < -0.3 is 10.4 Å². The summed E-state index contributed by atoms with van der Waals surface area (Å²) in [5.41, 5.74) is 0. The molecule has 0 saturated heterocycles. The maximum atomic E-state index is 10.9. The highest BCUT2D eigenvalue weighted by Gasteiger charge is 2.09. The van der Waals surface area contributed by atoms with Gasteiger partial charge >= 0.3 is 5.97 Å². The molecular formula is C11H21NO3. The molecule has 4 heteroatoms. The van der Waals surface area contributed by atoms with Gasteiger partial charge in [-0.2, -0.15) is 0 Å². The maximum Gasteiger partial charge on any atom is 0.303 e. The molecule has 0 saturated carbocycles. The first kappa shape index (κ1) is 13.9. The summed E-state index contributed by atoms with van der Waals surface area (Å²) in [6.07, 6.45) is 3.27. The van der Waals surface area contributed by atoms with Crippen molar-refractivity contribution in [2.75, 3.05) is 6.54 Å². The van der Waals surface area contributed by atoms with Gasteiger partial charge in [0.15, 0.2) is 0 Å². The first-order valence-corrected chi connectivity index (χ1v) is 5.58. The molecule has 0 aromatic carbocycles. The number of rotatable bonds is 8. The first-order chi connectivity index (χ1) is 7.10. The number of hydrogen-bond acceptors (Lipinski definition) is 2. The smallest absolute Gasteiger partial charge is 0.303 e. The van der Waals surface area contributed by atoms with Crippen LogP contribution in [0.2, 0.25) is 0 Å². The van der Waals surface area contributed by atoms with E-state index >= 15 is 0 Å². The van der Waals surface area contributed by atoms with Crippen LogP contribution in [0.15, 0.2) is 0 Å². The lowest BCUT2D eigenvalue weighted by Crippen LogP contribution is -2.25. The zero-order valence-electron chi connectivity index (χ0n) is 9.58. The minimum atomic E-state index is -0.744. The van der Waals surface area contributed by atoms with Gasteiger partial charge in [0.2, 0.25) is 5.91 Å². The number of nitrogens with one attached hydrogen (secondary N) is 1. The Kier molecular flexibility index (Phi) is 7.68. The highest BCUT2D eigenvalue weighted by molar-refractivity contribution is 5.75. The third-order valence-electron chi connectivity index (χ3n) is 2.54. The number of hydrogen-bond donors (Lipinski definition) is 2. The van der Waals surface area contributed by atoms with Crippen molar-refractivity contribution >= 4 is 11.9 Å². The summed E-state index contributed by atoms with van der Waals surface area (Å²) in [6, 6.07) is 0. The van der Waals surface area contributed by atoms with Crippen LogP contribution < -0.4 is 5.32 Å². The Hall–Kier alpha value is -1.06. The minimum absolute atomic E-state index is 0.0584. The van der Waals surface area contributed by atoms with E-state index in [9.17, 15) is 9.59 Å². The lowest BCUT2D eigenvalue weighted by atomic mass is 9.97. The Balaban J connectivity index is 3.61. The van der Waals surface area contributed by atoms with E-state index < -0.39 is 5.97 Å². The Labute approximate surface area is 91.1 Å². The minimum Gasteiger partial charge on any atom is -0.481 e. The SMILES string of the molecule is CCC(=O)NCCC(CC)CCC(=O)O. The van der Waals surface area contributed by atoms with Gasteiger partial charge in [-0.3, -0.25) is 9.59 Å². The number of aliphatic carboxylic acids is 1. The number of carboxylic acid groups (broad SMARTS) is 1. The molecule has 1 atom stereocenters. The van der Waals surface area contributed by atoms with Crippen LogP contribution in [0, 0.1) is 5.92 Å². The third kappa shape index (κ3) is 7.97. The zero-order chi connectivity index (χ0) is 11.7. The van der Waals surface area contributed by atoms with E-state index in [-0.39, 0.29) is 12.3 Å². The van der Waals surface area contributed by atoms with E-state index in [1.54, 1.807) is 0 Å². The van der Waals surface area contributed by atoms with Crippen molar-refractivity contribution in [1.82, 2.24) is 5.32 Å². The average Bonchev–Trinajstić information content (AvgIpc) is 2.22. The summed E-state index contributed by atoms with van der Waals surface area (Å²) in [5.74, 6) is -0.285. The molecule has 0 aliphatic rings. The summed E-state index contributed by atoms with van der Waals surface area (Å²) < 4.78 is 0. The molecule has 4 nitrogen and oxygen atoms in total. The molecule has 88 valence electrons. The van der Waals surface area contributed by atoms with E-state index in [1.165, 1.54) is 0 Å². The van der Waals surface area contributed by atoms with Crippen LogP contribution in [0.1, 0.15) is 46.0 Å². The molecule has 1 amide bonds. The second-order valence-electron chi connectivity index (χ2n) is 3.70. The van der Waals surface area contributed by atoms with Gasteiger partial charge in [-0.05, 0) is 18.8 Å². The Bertz CT molecular complexity index is 204. The Morgan fingerprint density at radius 2 is 1.93 bits per heavy atom. The molecule has 0 fully saturated rings. The second-order valence-corrected chi connectivity index (χ2v) is 3.70. The third-order valence-corrected chi connectivity index (χ3v) is 2.54. The van der Waals surface area contributed by atoms with Crippen LogP contribution in [0.3, 0.4) is 0 Å². The predicted molar refractivity (Wildman–Crippen MR) is 58.6 cm³/mol. The van der Waals surface area contributed by atoms with Crippen LogP contribution in [-0.2, 0) is 9.59 Å². The summed E-state index contributed by atoms with van der Waals surface area (Å²) >= 11 is 0. The van der Waals surface area contributed by atoms with E-state index in [0.29, 0.717) is 25.3 Å². The number of carbonyl (C=O) groups excluding carboxylic acids is 1. The molecule has 0 bridgehead atoms. The molecule has 0 aliphatic carbocycles. The summed E-state index contributed by atoms with van der Waals surface area (Å²) in [6.45, 7) is 4.52. The summed E-state index contributed by atoms with van der Waals surface area (Å²) in [7, 11) is 0. The van der Waals surface area contributed by atoms with Crippen molar-refractivity contribution < 1.29 is 14.7 Å². The van der Waals surface area contributed by atoms with Gasteiger partial charge in [0.05, 0.1) is 0 Å². The van der Waals surface area contributed by atoms with Gasteiger partial charge in [-0.25, -0.2) is 0 Å². The predicted octanol–water partition coefficient (Wildman–Crippen LogP) is 1.79. The molecule has 0 aliphatic heterocycles. The lowest BCUT2D eigenvalue weighted by Gasteiger charge is -2.13. The molecule has 2 N–H and O–H groups in total. The summed E-state index contributed by atoms with van der Waals surface area (Å²) in [4.78, 5) is 21.3. The van der Waals surface area contributed by atoms with Crippen molar-refractivity contribution in [1.29, 1.82) is 0 Å². The monoisotopic (exact) mass is 215 g/mol. The van der Waals surface area contributed by atoms with Crippen LogP contribution in [0.5, 0.6) is 0 Å². The van der Waals surface area contributed by atoms with Gasteiger partial charge in [-0.1, -0.05) is 20.3 Å². The highest BCUT2D eigenvalue weighted by Crippen LogP contribution is 2.14. The van der Waals surface area contributed by atoms with Crippen LogP contribution in [0.25, 0.3) is 0 Å². The van der Waals surface area contributed by atoms with Crippen LogP contribution in [-0.4, -0.2) is 23.5 Å². The largest absolute Gasteiger partial charge is 0.481 e. The van der Waals surface area contributed by atoms with Crippen molar-refractivity contribution in [3.05, 3.63) is 0 Å². The molecule has 15 heavy (non-hydrogen) atoms. The number of amides is 1. The molecule has 0 spiro atoms. The maximum absolute atomic E-state index is 10.9. The molecule has 1 unspecified atom stereocenters. The molecule has 0 aromatic heterocycles. The van der Waals surface area contributed by atoms with Crippen molar-refractivity contribution in [3.63, 3.8) is 0 Å². The summed E-state index contributed by atoms with van der Waals surface area (Å²) in [5, 5.41) is 11.3. The fraction of sp³-hybridized carbons (Fsp3) is 0.818. The van der Waals surface area contributed by atoms with Crippen molar-refractivity contribution in [3.8, 4) is 0 Å². The average molecular weight is 215 g/mol. The quantitative estimate of drug-likeness (QED) is 0.648. The highest BCUT2D eigenvalue weighted by atomic mass is 16.4. The fourth-order valence-electron chi connectivity index (χ4n) is 1.42. The first-order valence-electron chi connectivity index (χ1n) is 5.58. The topological polar surface area (TPSA) is 66.4 Å². The Morgan fingerprint density at radius 3 is 2.40 bits per heavy atom. The van der Waals surface area contributed by atoms with Gasteiger partial charge in [-0.15, -0.1) is 0 Å². The van der Waals surface area contributed by atoms with E-state index in [0.717, 1.165) is 12.8 Å². The van der Waals surface area contributed by atoms with Gasteiger partial charge in [0, 0.05) is 19.4 Å². The van der Waals surface area contributed by atoms with E-state index in [2.05, 4.69) is 5.32 Å². The van der Waals surface area contributed by atoms with Crippen molar-refractivity contribution in [2.24, 2.45) is 5.92 Å². The van der Waals surface area contributed by atoms with Crippen LogP contribution in [0.4, 0.5) is 0 Å². The Morgan fingerprint density at radius 1 is 1.27 bits per heavy atom. The molecular weight excluding hydrogens is 194 g/mol. The zero-order valence-corrected chi connectivity index (χ0v) is 9.58. The number of carboxylic acids is 1. The van der Waals surface area contributed by atoms with E-state index in [1.807, 2.05) is 13.8 Å². The fourth-order valence-corrected chi connectivity index (χ4v) is 1.42. The molecule has 0 aromatic rings.